The fraction of sp³-hybridized carbons (Fsp3) is 0.417. The van der Waals surface area contributed by atoms with Gasteiger partial charge in [-0.05, 0) is 44.5 Å². The Morgan fingerprint density at radius 1 is 1.33 bits per heavy atom. The summed E-state index contributed by atoms with van der Waals surface area (Å²) in [6.45, 7) is 4.06. The highest BCUT2D eigenvalue weighted by Gasteiger charge is 2.16. The van der Waals surface area contributed by atoms with E-state index in [1.54, 1.807) is 0 Å². The zero-order chi connectivity index (χ0) is 13.8. The van der Waals surface area contributed by atoms with Crippen molar-refractivity contribution < 1.29 is 13.2 Å². The molecule has 0 aliphatic heterocycles. The molecule has 0 aliphatic carbocycles. The molecule has 0 spiro atoms. The van der Waals surface area contributed by atoms with E-state index in [1.165, 1.54) is 24.3 Å². The van der Waals surface area contributed by atoms with Gasteiger partial charge in [0.25, 0.3) is 9.05 Å². The van der Waals surface area contributed by atoms with Gasteiger partial charge in [0.05, 0.1) is 23.0 Å². The van der Waals surface area contributed by atoms with Crippen LogP contribution >= 0.6 is 10.7 Å². The van der Waals surface area contributed by atoms with Crippen molar-refractivity contribution in [2.24, 2.45) is 5.41 Å². The molecule has 0 N–H and O–H groups in total. The van der Waals surface area contributed by atoms with Gasteiger partial charge < -0.3 is 4.74 Å². The number of hydrogen-bond donors (Lipinski definition) is 0. The Hall–Kier alpha value is -1.25. The SMILES string of the molecule is CC(C)(C#N)CCOc1ccc(S(=O)(=O)Cl)cc1. The van der Waals surface area contributed by atoms with Gasteiger partial charge in [0, 0.05) is 10.7 Å². The highest BCUT2D eigenvalue weighted by molar-refractivity contribution is 8.13. The summed E-state index contributed by atoms with van der Waals surface area (Å²) < 4.78 is 27.5. The second-order valence-electron chi connectivity index (χ2n) is 4.50. The minimum absolute atomic E-state index is 0.0360. The first-order valence-corrected chi connectivity index (χ1v) is 7.64. The van der Waals surface area contributed by atoms with Crippen molar-refractivity contribution in [2.75, 3.05) is 6.61 Å². The van der Waals surface area contributed by atoms with Crippen molar-refractivity contribution in [2.45, 2.75) is 25.2 Å². The standard InChI is InChI=1S/C12H14ClNO3S/c1-12(2,9-14)7-8-17-10-3-5-11(6-4-10)18(13,15)16/h3-6H,7-8H2,1-2H3. The van der Waals surface area contributed by atoms with Gasteiger partial charge in [-0.1, -0.05) is 0 Å². The summed E-state index contributed by atoms with van der Waals surface area (Å²) in [6, 6.07) is 8.02. The Labute approximate surface area is 112 Å². The fourth-order valence-electron chi connectivity index (χ4n) is 1.18. The maximum absolute atomic E-state index is 11.0. The third-order valence-corrected chi connectivity index (χ3v) is 3.77. The second kappa shape index (κ2) is 5.59. The first-order chi connectivity index (χ1) is 8.24. The summed E-state index contributed by atoms with van der Waals surface area (Å²) in [4.78, 5) is 0.0360. The van der Waals surface area contributed by atoms with Crippen LogP contribution in [-0.4, -0.2) is 15.0 Å². The Kier molecular flexibility index (Phi) is 4.60. The Bertz CT molecular complexity index is 544. The van der Waals surface area contributed by atoms with Crippen LogP contribution in [0.2, 0.25) is 0 Å². The van der Waals surface area contributed by atoms with Crippen LogP contribution < -0.4 is 4.74 Å². The molecule has 0 saturated heterocycles. The highest BCUT2D eigenvalue weighted by atomic mass is 35.7. The molecule has 4 nitrogen and oxygen atoms in total. The van der Waals surface area contributed by atoms with E-state index in [9.17, 15) is 8.42 Å². The van der Waals surface area contributed by atoms with Crippen molar-refractivity contribution >= 4 is 19.7 Å². The molecule has 0 atom stereocenters. The lowest BCUT2D eigenvalue weighted by Crippen LogP contribution is -2.13. The zero-order valence-electron chi connectivity index (χ0n) is 10.2. The molecule has 0 fully saturated rings. The van der Waals surface area contributed by atoms with Gasteiger partial charge in [-0.25, -0.2) is 8.42 Å². The van der Waals surface area contributed by atoms with E-state index in [-0.39, 0.29) is 4.90 Å². The predicted molar refractivity (Wildman–Crippen MR) is 69.0 cm³/mol. The van der Waals surface area contributed by atoms with Gasteiger partial charge in [0.15, 0.2) is 0 Å². The van der Waals surface area contributed by atoms with Gasteiger partial charge >= 0.3 is 0 Å². The molecule has 0 radical (unpaired) electrons. The summed E-state index contributed by atoms with van der Waals surface area (Å²) in [5.74, 6) is 0.549. The minimum Gasteiger partial charge on any atom is -0.494 e. The van der Waals surface area contributed by atoms with Crippen LogP contribution in [0, 0.1) is 16.7 Å². The summed E-state index contributed by atoms with van der Waals surface area (Å²) in [7, 11) is 1.50. The molecule has 1 rings (SSSR count). The smallest absolute Gasteiger partial charge is 0.261 e. The average Bonchev–Trinajstić information content (AvgIpc) is 2.28. The lowest BCUT2D eigenvalue weighted by molar-refractivity contribution is 0.264. The third kappa shape index (κ3) is 4.55. The van der Waals surface area contributed by atoms with Crippen molar-refractivity contribution in [1.82, 2.24) is 0 Å². The summed E-state index contributed by atoms with van der Waals surface area (Å²) in [6.07, 6.45) is 0.596. The first kappa shape index (κ1) is 14.8. The van der Waals surface area contributed by atoms with Crippen molar-refractivity contribution in [3.63, 3.8) is 0 Å². The molecule has 0 bridgehead atoms. The van der Waals surface area contributed by atoms with Crippen LogP contribution in [0.5, 0.6) is 5.75 Å². The number of nitrogens with zero attached hydrogens (tertiary/aromatic N) is 1. The summed E-state index contributed by atoms with van der Waals surface area (Å²) >= 11 is 0. The summed E-state index contributed by atoms with van der Waals surface area (Å²) in [5.41, 5.74) is -0.431. The van der Waals surface area contributed by atoms with E-state index >= 15 is 0 Å². The van der Waals surface area contributed by atoms with Crippen LogP contribution in [-0.2, 0) is 9.05 Å². The molecule has 0 heterocycles. The van der Waals surface area contributed by atoms with Crippen LogP contribution in [0.4, 0.5) is 0 Å². The topological polar surface area (TPSA) is 67.2 Å². The molecule has 0 aliphatic rings. The van der Waals surface area contributed by atoms with Crippen molar-refractivity contribution in [3.05, 3.63) is 24.3 Å². The minimum atomic E-state index is -3.69. The van der Waals surface area contributed by atoms with Gasteiger partial charge in [-0.2, -0.15) is 5.26 Å². The highest BCUT2D eigenvalue weighted by Crippen LogP contribution is 2.21. The largest absolute Gasteiger partial charge is 0.494 e. The van der Waals surface area contributed by atoms with Crippen LogP contribution in [0.15, 0.2) is 29.2 Å². The number of benzene rings is 1. The Morgan fingerprint density at radius 2 is 1.89 bits per heavy atom. The fourth-order valence-corrected chi connectivity index (χ4v) is 1.95. The maximum Gasteiger partial charge on any atom is 0.261 e. The number of hydrogen-bond acceptors (Lipinski definition) is 4. The monoisotopic (exact) mass is 287 g/mol. The van der Waals surface area contributed by atoms with Gasteiger partial charge in [0.1, 0.15) is 5.75 Å². The molecule has 1 aromatic rings. The number of nitriles is 1. The van der Waals surface area contributed by atoms with E-state index < -0.39 is 14.5 Å². The van der Waals surface area contributed by atoms with E-state index in [1.807, 2.05) is 13.8 Å². The molecule has 98 valence electrons. The Balaban J connectivity index is 2.59. The van der Waals surface area contributed by atoms with E-state index in [0.29, 0.717) is 18.8 Å². The molecule has 0 unspecified atom stereocenters. The molecule has 1 aromatic carbocycles. The average molecular weight is 288 g/mol. The lowest BCUT2D eigenvalue weighted by atomic mass is 9.92. The van der Waals surface area contributed by atoms with Gasteiger partial charge in [-0.15, -0.1) is 0 Å². The molecule has 0 aromatic heterocycles. The lowest BCUT2D eigenvalue weighted by Gasteiger charge is -2.15. The van der Waals surface area contributed by atoms with Crippen molar-refractivity contribution in [3.8, 4) is 11.8 Å². The molecule has 0 amide bonds. The van der Waals surface area contributed by atoms with Crippen LogP contribution in [0.3, 0.4) is 0 Å². The molecular formula is C12H14ClNO3S. The number of ether oxygens (including phenoxy) is 1. The second-order valence-corrected chi connectivity index (χ2v) is 7.07. The predicted octanol–water partition coefficient (Wildman–Crippen LogP) is 2.93. The summed E-state index contributed by atoms with van der Waals surface area (Å²) in [5, 5.41) is 8.83. The molecular weight excluding hydrogens is 274 g/mol. The third-order valence-electron chi connectivity index (χ3n) is 2.40. The van der Waals surface area contributed by atoms with Gasteiger partial charge in [0.2, 0.25) is 0 Å². The van der Waals surface area contributed by atoms with E-state index in [4.69, 9.17) is 20.7 Å². The molecule has 0 saturated carbocycles. The maximum atomic E-state index is 11.0. The van der Waals surface area contributed by atoms with Crippen LogP contribution in [0.1, 0.15) is 20.3 Å². The quantitative estimate of drug-likeness (QED) is 0.781. The zero-order valence-corrected chi connectivity index (χ0v) is 11.8. The molecule has 6 heteroatoms. The molecule has 18 heavy (non-hydrogen) atoms. The van der Waals surface area contributed by atoms with E-state index in [0.717, 1.165) is 0 Å². The number of halogens is 1. The normalized spacial score (nSPS) is 11.9. The Morgan fingerprint density at radius 3 is 2.33 bits per heavy atom. The first-order valence-electron chi connectivity index (χ1n) is 5.33. The number of rotatable bonds is 5. The van der Waals surface area contributed by atoms with E-state index in [2.05, 4.69) is 6.07 Å². The van der Waals surface area contributed by atoms with Crippen molar-refractivity contribution in [1.29, 1.82) is 5.26 Å². The van der Waals surface area contributed by atoms with Gasteiger partial charge in [-0.3, -0.25) is 0 Å². The van der Waals surface area contributed by atoms with Crippen LogP contribution in [0.25, 0.3) is 0 Å².